The molecule has 0 atom stereocenters. The summed E-state index contributed by atoms with van der Waals surface area (Å²) in [7, 11) is 0. The van der Waals surface area contributed by atoms with E-state index < -0.39 is 0 Å². The van der Waals surface area contributed by atoms with Crippen LogP contribution in [0.2, 0.25) is 0 Å². The number of rotatable bonds is 3. The third kappa shape index (κ3) is 3.17. The summed E-state index contributed by atoms with van der Waals surface area (Å²) in [6, 6.07) is 21.3. The zero-order chi connectivity index (χ0) is 15.4. The van der Waals surface area contributed by atoms with Gasteiger partial charge in [-0.1, -0.05) is 54.6 Å². The molecular formula is C18H13IN2O. The third-order valence-electron chi connectivity index (χ3n) is 3.31. The lowest BCUT2D eigenvalue weighted by Gasteiger charge is -2.04. The smallest absolute Gasteiger partial charge is 0.267 e. The minimum absolute atomic E-state index is 0.209. The summed E-state index contributed by atoms with van der Waals surface area (Å²) in [6.07, 6.45) is 1.66. The van der Waals surface area contributed by atoms with Crippen molar-refractivity contribution in [3.05, 3.63) is 81.4 Å². The quantitative estimate of drug-likeness (QED) is 0.400. The van der Waals surface area contributed by atoms with E-state index in [4.69, 9.17) is 0 Å². The van der Waals surface area contributed by atoms with Crippen LogP contribution < -0.4 is 5.43 Å². The second-order valence-corrected chi connectivity index (χ2v) is 5.91. The number of nitrogens with one attached hydrogen (secondary N) is 1. The van der Waals surface area contributed by atoms with Gasteiger partial charge in [-0.15, -0.1) is 0 Å². The molecule has 0 saturated heterocycles. The molecule has 0 fully saturated rings. The first-order valence-electron chi connectivity index (χ1n) is 6.81. The lowest BCUT2D eigenvalue weighted by atomic mass is 10.0. The van der Waals surface area contributed by atoms with Gasteiger partial charge in [-0.25, -0.2) is 5.43 Å². The van der Waals surface area contributed by atoms with E-state index in [2.05, 4.69) is 33.1 Å². The number of fused-ring (bicyclic) bond motifs is 1. The van der Waals surface area contributed by atoms with Crippen molar-refractivity contribution in [1.82, 2.24) is 5.43 Å². The van der Waals surface area contributed by atoms with E-state index in [1.165, 1.54) is 0 Å². The van der Waals surface area contributed by atoms with Gasteiger partial charge in [-0.2, -0.15) is 5.10 Å². The van der Waals surface area contributed by atoms with Crippen LogP contribution in [-0.4, -0.2) is 12.1 Å². The molecule has 0 bridgehead atoms. The van der Waals surface area contributed by atoms with Crippen LogP contribution in [0.4, 0.5) is 0 Å². The van der Waals surface area contributed by atoms with Gasteiger partial charge in [0.15, 0.2) is 0 Å². The van der Waals surface area contributed by atoms with E-state index >= 15 is 0 Å². The number of carbonyl (C=O) groups excluding carboxylic acids is 1. The lowest BCUT2D eigenvalue weighted by molar-refractivity contribution is 0.0957. The molecule has 0 heterocycles. The van der Waals surface area contributed by atoms with Crippen molar-refractivity contribution in [3.63, 3.8) is 0 Å². The molecule has 3 aromatic rings. The zero-order valence-corrected chi connectivity index (χ0v) is 13.8. The maximum absolute atomic E-state index is 12.3. The van der Waals surface area contributed by atoms with Crippen LogP contribution in [0.1, 0.15) is 15.9 Å². The molecule has 22 heavy (non-hydrogen) atoms. The Morgan fingerprint density at radius 3 is 2.55 bits per heavy atom. The number of benzene rings is 3. The maximum Gasteiger partial charge on any atom is 0.271 e. The Hall–Kier alpha value is -2.21. The number of hydrazone groups is 1. The van der Waals surface area contributed by atoms with Gasteiger partial charge in [-0.3, -0.25) is 4.79 Å². The highest BCUT2D eigenvalue weighted by Gasteiger charge is 2.08. The average Bonchev–Trinajstić information content (AvgIpc) is 2.56. The van der Waals surface area contributed by atoms with E-state index in [0.717, 1.165) is 19.9 Å². The molecule has 3 aromatic carbocycles. The molecule has 0 radical (unpaired) electrons. The molecule has 3 rings (SSSR count). The molecular weight excluding hydrogens is 387 g/mol. The van der Waals surface area contributed by atoms with E-state index in [-0.39, 0.29) is 5.91 Å². The van der Waals surface area contributed by atoms with Gasteiger partial charge in [0.25, 0.3) is 5.91 Å². The van der Waals surface area contributed by atoms with Crippen molar-refractivity contribution in [2.75, 3.05) is 0 Å². The van der Waals surface area contributed by atoms with Crippen LogP contribution in [0.5, 0.6) is 0 Å². The largest absolute Gasteiger partial charge is 0.271 e. The minimum Gasteiger partial charge on any atom is -0.267 e. The van der Waals surface area contributed by atoms with E-state index in [0.29, 0.717) is 5.56 Å². The highest BCUT2D eigenvalue weighted by atomic mass is 127. The zero-order valence-electron chi connectivity index (χ0n) is 11.7. The second kappa shape index (κ2) is 6.70. The molecule has 108 valence electrons. The minimum atomic E-state index is -0.209. The van der Waals surface area contributed by atoms with Gasteiger partial charge in [0.1, 0.15) is 0 Å². The topological polar surface area (TPSA) is 41.5 Å². The van der Waals surface area contributed by atoms with Gasteiger partial charge in [0, 0.05) is 14.7 Å². The second-order valence-electron chi connectivity index (χ2n) is 4.75. The molecule has 0 aromatic heterocycles. The molecule has 1 amide bonds. The molecule has 4 heteroatoms. The Labute approximate surface area is 142 Å². The summed E-state index contributed by atoms with van der Waals surface area (Å²) in [5.74, 6) is -0.209. The summed E-state index contributed by atoms with van der Waals surface area (Å²) >= 11 is 2.24. The summed E-state index contributed by atoms with van der Waals surface area (Å²) < 4.78 is 1.09. The third-order valence-corrected chi connectivity index (χ3v) is 4.29. The number of carbonyl (C=O) groups is 1. The highest BCUT2D eigenvalue weighted by molar-refractivity contribution is 14.1. The predicted octanol–water partition coefficient (Wildman–Crippen LogP) is 4.21. The van der Waals surface area contributed by atoms with Gasteiger partial charge < -0.3 is 0 Å². The van der Waals surface area contributed by atoms with Crippen molar-refractivity contribution in [1.29, 1.82) is 0 Å². The fraction of sp³-hybridized carbons (Fsp3) is 0. The van der Waals surface area contributed by atoms with Crippen LogP contribution in [0, 0.1) is 3.57 Å². The molecule has 3 nitrogen and oxygen atoms in total. The van der Waals surface area contributed by atoms with Crippen molar-refractivity contribution in [2.24, 2.45) is 5.10 Å². The van der Waals surface area contributed by atoms with Crippen LogP contribution in [0.25, 0.3) is 10.8 Å². The average molecular weight is 400 g/mol. The molecule has 0 aliphatic carbocycles. The fourth-order valence-corrected chi connectivity index (χ4v) is 2.75. The molecule has 0 aliphatic heterocycles. The number of halogens is 1. The van der Waals surface area contributed by atoms with Crippen LogP contribution in [-0.2, 0) is 0 Å². The van der Waals surface area contributed by atoms with E-state index in [1.54, 1.807) is 12.3 Å². The first kappa shape index (κ1) is 14.7. The SMILES string of the molecule is O=C(N/N=C/c1ccccc1I)c1cccc2ccccc12. The molecule has 0 saturated carbocycles. The summed E-state index contributed by atoms with van der Waals surface area (Å²) in [6.45, 7) is 0. The van der Waals surface area contributed by atoms with Crippen molar-refractivity contribution in [3.8, 4) is 0 Å². The van der Waals surface area contributed by atoms with Crippen LogP contribution in [0.15, 0.2) is 71.8 Å². The van der Waals surface area contributed by atoms with Crippen LogP contribution in [0.3, 0.4) is 0 Å². The van der Waals surface area contributed by atoms with Crippen molar-refractivity contribution >= 4 is 45.5 Å². The summed E-state index contributed by atoms with van der Waals surface area (Å²) in [5, 5.41) is 6.02. The van der Waals surface area contributed by atoms with Gasteiger partial charge in [0.2, 0.25) is 0 Å². The van der Waals surface area contributed by atoms with Crippen LogP contribution >= 0.6 is 22.6 Å². The Kier molecular flexibility index (Phi) is 4.48. The van der Waals surface area contributed by atoms with E-state index in [1.807, 2.05) is 60.7 Å². The normalized spacial score (nSPS) is 11.0. The maximum atomic E-state index is 12.3. The standard InChI is InChI=1S/C18H13IN2O/c19-17-11-4-2-7-14(17)12-20-21-18(22)16-10-5-8-13-6-1-3-9-15(13)16/h1-12H,(H,21,22)/b20-12+. The van der Waals surface area contributed by atoms with Crippen molar-refractivity contribution in [2.45, 2.75) is 0 Å². The number of hydrogen-bond acceptors (Lipinski definition) is 2. The Balaban J connectivity index is 1.81. The highest BCUT2D eigenvalue weighted by Crippen LogP contribution is 2.18. The Bertz CT molecular complexity index is 853. The Morgan fingerprint density at radius 2 is 1.68 bits per heavy atom. The Morgan fingerprint density at radius 1 is 0.955 bits per heavy atom. The fourth-order valence-electron chi connectivity index (χ4n) is 2.22. The van der Waals surface area contributed by atoms with Gasteiger partial charge in [-0.05, 0) is 45.5 Å². The molecule has 1 N–H and O–H groups in total. The summed E-state index contributed by atoms with van der Waals surface area (Å²) in [4.78, 5) is 12.3. The predicted molar refractivity (Wildman–Crippen MR) is 98.2 cm³/mol. The van der Waals surface area contributed by atoms with Gasteiger partial charge >= 0.3 is 0 Å². The number of amides is 1. The number of nitrogens with zero attached hydrogens (tertiary/aromatic N) is 1. The van der Waals surface area contributed by atoms with Gasteiger partial charge in [0.05, 0.1) is 6.21 Å². The first-order chi connectivity index (χ1) is 10.8. The molecule has 0 aliphatic rings. The van der Waals surface area contributed by atoms with Crippen molar-refractivity contribution < 1.29 is 4.79 Å². The van der Waals surface area contributed by atoms with E-state index in [9.17, 15) is 4.79 Å². The molecule has 0 unspecified atom stereocenters. The summed E-state index contributed by atoms with van der Waals surface area (Å²) in [5.41, 5.74) is 4.19. The molecule has 0 spiro atoms. The lowest BCUT2D eigenvalue weighted by Crippen LogP contribution is -2.18. The monoisotopic (exact) mass is 400 g/mol. The first-order valence-corrected chi connectivity index (χ1v) is 7.89. The number of hydrogen-bond donors (Lipinski definition) is 1.